The second-order valence-electron chi connectivity index (χ2n) is 8.93. The lowest BCUT2D eigenvalue weighted by Gasteiger charge is -2.28. The lowest BCUT2D eigenvalue weighted by molar-refractivity contribution is -0.118. The maximum absolute atomic E-state index is 13.0. The minimum absolute atomic E-state index is 0.0916. The van der Waals surface area contributed by atoms with Gasteiger partial charge in [-0.15, -0.1) is 0 Å². The molecule has 2 heterocycles. The Morgan fingerprint density at radius 3 is 2.52 bits per heavy atom. The first-order chi connectivity index (χ1) is 16.2. The number of hydrogen-bond acceptors (Lipinski definition) is 5. The zero-order valence-corrected chi connectivity index (χ0v) is 18.7. The van der Waals surface area contributed by atoms with Gasteiger partial charge in [-0.25, -0.2) is 0 Å². The molecule has 3 aromatic carbocycles. The van der Waals surface area contributed by atoms with Crippen LogP contribution in [0.4, 0.5) is 5.69 Å². The Balaban J connectivity index is 1.32. The van der Waals surface area contributed by atoms with E-state index in [2.05, 4.69) is 16.3 Å². The average molecular weight is 447 g/mol. The van der Waals surface area contributed by atoms with Crippen molar-refractivity contribution in [2.24, 2.45) is 5.92 Å². The molecule has 2 aliphatic rings. The Hall–Kier alpha value is -3.09. The van der Waals surface area contributed by atoms with Crippen molar-refractivity contribution < 1.29 is 19.4 Å². The fraction of sp³-hybridized carbons (Fsp3) is 0.370. The van der Waals surface area contributed by atoms with Crippen molar-refractivity contribution in [3.63, 3.8) is 0 Å². The van der Waals surface area contributed by atoms with Crippen molar-refractivity contribution in [2.45, 2.75) is 25.4 Å². The molecule has 2 atom stereocenters. The van der Waals surface area contributed by atoms with Gasteiger partial charge >= 0.3 is 0 Å². The third kappa shape index (κ3) is 5.13. The highest BCUT2D eigenvalue weighted by atomic mass is 16.6. The van der Waals surface area contributed by atoms with Crippen molar-refractivity contribution in [3.8, 4) is 11.5 Å². The van der Waals surface area contributed by atoms with E-state index in [0.717, 1.165) is 48.0 Å². The number of carbonyl (C=O) groups excluding carboxylic acids is 1. The number of aliphatic hydroxyl groups is 1. The highest BCUT2D eigenvalue weighted by Gasteiger charge is 2.28. The molecule has 1 fully saturated rings. The normalized spacial score (nSPS) is 17.6. The summed E-state index contributed by atoms with van der Waals surface area (Å²) in [5, 5.41) is 16.5. The number of rotatable bonds is 7. The van der Waals surface area contributed by atoms with Crippen molar-refractivity contribution in [1.82, 2.24) is 4.90 Å². The number of aliphatic hydroxyl groups excluding tert-OH is 1. The van der Waals surface area contributed by atoms with Gasteiger partial charge in [0, 0.05) is 24.6 Å². The van der Waals surface area contributed by atoms with E-state index in [0.29, 0.717) is 31.3 Å². The molecule has 0 aromatic heterocycles. The van der Waals surface area contributed by atoms with E-state index >= 15 is 0 Å². The van der Waals surface area contributed by atoms with Crippen LogP contribution in [0.3, 0.4) is 0 Å². The van der Waals surface area contributed by atoms with Crippen LogP contribution in [-0.2, 0) is 4.79 Å². The molecule has 2 aliphatic heterocycles. The second kappa shape index (κ2) is 9.81. The van der Waals surface area contributed by atoms with Crippen LogP contribution in [0.15, 0.2) is 60.7 Å². The quantitative estimate of drug-likeness (QED) is 0.563. The summed E-state index contributed by atoms with van der Waals surface area (Å²) >= 11 is 0. The van der Waals surface area contributed by atoms with Crippen LogP contribution in [0.2, 0.25) is 0 Å². The highest BCUT2D eigenvalue weighted by Crippen LogP contribution is 2.35. The van der Waals surface area contributed by atoms with Gasteiger partial charge < -0.3 is 24.8 Å². The smallest absolute Gasteiger partial charge is 0.224 e. The zero-order chi connectivity index (χ0) is 22.6. The number of carbonyl (C=O) groups is 1. The SMILES string of the molecule is O=C(C[C@H](CN1CCCC1)[C@H](O)c1ccc2c(c1)OCCO2)Nc1ccc2ccccc2c1. The number of amides is 1. The molecule has 0 saturated carbocycles. The van der Waals surface area contributed by atoms with E-state index in [9.17, 15) is 9.90 Å². The minimum atomic E-state index is -0.774. The summed E-state index contributed by atoms with van der Waals surface area (Å²) in [7, 11) is 0. The molecule has 2 N–H and O–H groups in total. The summed E-state index contributed by atoms with van der Waals surface area (Å²) in [5.74, 6) is 1.03. The van der Waals surface area contributed by atoms with Gasteiger partial charge in [0.2, 0.25) is 5.91 Å². The maximum atomic E-state index is 13.0. The number of benzene rings is 3. The molecule has 1 saturated heterocycles. The summed E-state index contributed by atoms with van der Waals surface area (Å²) < 4.78 is 11.3. The Bertz CT molecular complexity index is 1130. The number of likely N-dealkylation sites (tertiary alicyclic amines) is 1. The van der Waals surface area contributed by atoms with Gasteiger partial charge in [0.05, 0.1) is 6.10 Å². The lowest BCUT2D eigenvalue weighted by Crippen LogP contribution is -2.33. The van der Waals surface area contributed by atoms with Gasteiger partial charge in [-0.3, -0.25) is 4.79 Å². The summed E-state index contributed by atoms with van der Waals surface area (Å²) in [6, 6.07) is 19.6. The standard InChI is InChI=1S/C27H30N2O4/c30-26(28-23-9-7-19-5-1-2-6-20(19)15-23)17-22(18-29-11-3-4-12-29)27(31)21-8-10-24-25(16-21)33-14-13-32-24/h1-2,5-10,15-16,22,27,31H,3-4,11-14,17-18H2,(H,28,30)/t22-,27-/m1/s1. The molecule has 33 heavy (non-hydrogen) atoms. The van der Waals surface area contributed by atoms with Crippen molar-refractivity contribution in [2.75, 3.05) is 38.2 Å². The molecule has 0 unspecified atom stereocenters. The third-order valence-electron chi connectivity index (χ3n) is 6.53. The number of hydrogen-bond donors (Lipinski definition) is 2. The molecule has 0 aliphatic carbocycles. The van der Waals surface area contributed by atoms with Crippen LogP contribution >= 0.6 is 0 Å². The largest absolute Gasteiger partial charge is 0.486 e. The van der Waals surface area contributed by atoms with Gasteiger partial charge in [-0.1, -0.05) is 36.4 Å². The molecule has 6 nitrogen and oxygen atoms in total. The molecular formula is C27H30N2O4. The van der Waals surface area contributed by atoms with Gasteiger partial charge in [0.15, 0.2) is 11.5 Å². The predicted molar refractivity (Wildman–Crippen MR) is 129 cm³/mol. The minimum Gasteiger partial charge on any atom is -0.486 e. The first kappa shape index (κ1) is 21.7. The summed E-state index contributed by atoms with van der Waals surface area (Å²) in [4.78, 5) is 15.4. The first-order valence-corrected chi connectivity index (χ1v) is 11.7. The number of fused-ring (bicyclic) bond motifs is 2. The van der Waals surface area contributed by atoms with E-state index < -0.39 is 6.10 Å². The van der Waals surface area contributed by atoms with E-state index in [4.69, 9.17) is 9.47 Å². The Kier molecular flexibility index (Phi) is 6.46. The third-order valence-corrected chi connectivity index (χ3v) is 6.53. The predicted octanol–water partition coefficient (Wildman–Crippen LogP) is 4.39. The Morgan fingerprint density at radius 1 is 0.939 bits per heavy atom. The highest BCUT2D eigenvalue weighted by molar-refractivity contribution is 5.94. The number of anilines is 1. The molecule has 0 bridgehead atoms. The fourth-order valence-electron chi connectivity index (χ4n) is 4.81. The van der Waals surface area contributed by atoms with Crippen LogP contribution < -0.4 is 14.8 Å². The first-order valence-electron chi connectivity index (χ1n) is 11.7. The summed E-state index contributed by atoms with van der Waals surface area (Å²) in [6.45, 7) is 3.73. The Labute approximate surface area is 194 Å². The Morgan fingerprint density at radius 2 is 1.70 bits per heavy atom. The second-order valence-corrected chi connectivity index (χ2v) is 8.93. The van der Waals surface area contributed by atoms with Crippen molar-refractivity contribution in [3.05, 3.63) is 66.2 Å². The molecule has 3 aromatic rings. The monoisotopic (exact) mass is 446 g/mol. The number of nitrogens with one attached hydrogen (secondary N) is 1. The molecule has 172 valence electrons. The topological polar surface area (TPSA) is 71.0 Å². The van der Waals surface area contributed by atoms with Crippen LogP contribution in [-0.4, -0.2) is 48.8 Å². The van der Waals surface area contributed by atoms with E-state index in [-0.39, 0.29) is 18.2 Å². The zero-order valence-electron chi connectivity index (χ0n) is 18.7. The van der Waals surface area contributed by atoms with Gasteiger partial charge in [-0.2, -0.15) is 0 Å². The summed E-state index contributed by atoms with van der Waals surface area (Å²) in [6.07, 6.45) is 1.79. The molecule has 5 rings (SSSR count). The summed E-state index contributed by atoms with van der Waals surface area (Å²) in [5.41, 5.74) is 1.52. The number of ether oxygens (including phenoxy) is 2. The van der Waals surface area contributed by atoms with Crippen molar-refractivity contribution in [1.29, 1.82) is 0 Å². The van der Waals surface area contributed by atoms with E-state index in [1.807, 2.05) is 54.6 Å². The number of nitrogens with zero attached hydrogens (tertiary/aromatic N) is 1. The molecule has 6 heteroatoms. The van der Waals surface area contributed by atoms with Gasteiger partial charge in [-0.05, 0) is 66.5 Å². The fourth-order valence-corrected chi connectivity index (χ4v) is 4.81. The van der Waals surface area contributed by atoms with Gasteiger partial charge in [0.1, 0.15) is 13.2 Å². The van der Waals surface area contributed by atoms with Crippen LogP contribution in [0.1, 0.15) is 30.9 Å². The van der Waals surface area contributed by atoms with E-state index in [1.54, 1.807) is 0 Å². The molecule has 1 amide bonds. The molecule has 0 spiro atoms. The van der Waals surface area contributed by atoms with Crippen molar-refractivity contribution >= 4 is 22.4 Å². The average Bonchev–Trinajstić information content (AvgIpc) is 3.36. The van der Waals surface area contributed by atoms with Crippen LogP contribution in [0.25, 0.3) is 10.8 Å². The molecule has 0 radical (unpaired) electrons. The maximum Gasteiger partial charge on any atom is 0.224 e. The van der Waals surface area contributed by atoms with Gasteiger partial charge in [0.25, 0.3) is 0 Å². The lowest BCUT2D eigenvalue weighted by atomic mass is 9.91. The molecular weight excluding hydrogens is 416 g/mol. The van der Waals surface area contributed by atoms with E-state index in [1.165, 1.54) is 0 Å². The van der Waals surface area contributed by atoms with Crippen LogP contribution in [0.5, 0.6) is 11.5 Å². The van der Waals surface area contributed by atoms with Crippen LogP contribution in [0, 0.1) is 5.92 Å².